The highest BCUT2D eigenvalue weighted by Crippen LogP contribution is 2.77. The zero-order valence-corrected chi connectivity index (χ0v) is 44.0. The van der Waals surface area contributed by atoms with Gasteiger partial charge in [0, 0.05) is 52.8 Å². The van der Waals surface area contributed by atoms with Crippen molar-refractivity contribution < 1.29 is 50.0 Å². The molecule has 13 rings (SSSR count). The summed E-state index contributed by atoms with van der Waals surface area (Å²) in [6, 6.07) is 29.6. The first-order valence-electron chi connectivity index (χ1n) is 28.4. The number of Topliss-reactive ketones (excluding diaryl/α,β-unsaturated/α-hetero) is 1. The zero-order valence-electron chi connectivity index (χ0n) is 44.0. The predicted octanol–water partition coefficient (Wildman–Crippen LogP) is 12.2. The Bertz CT molecular complexity index is 3190. The number of ether oxygens (including phenoxy) is 2. The van der Waals surface area contributed by atoms with Gasteiger partial charge in [-0.05, 0) is 187 Å². The number of carbonyl (C=O) groups excluding carboxylic acids is 1. The lowest BCUT2D eigenvalue weighted by molar-refractivity contribution is -0.136. The first-order valence-corrected chi connectivity index (χ1v) is 28.4. The highest BCUT2D eigenvalue weighted by molar-refractivity contribution is 5.82. The number of phenolic OH excluding ortho intramolecular Hbond substituents is 6. The smallest absolute Gasteiger partial charge is 0.200 e. The molecule has 4 fully saturated rings. The number of aliphatic hydroxyl groups is 1. The van der Waals surface area contributed by atoms with Crippen LogP contribution in [-0.2, 0) is 29.7 Å². The summed E-state index contributed by atoms with van der Waals surface area (Å²) < 4.78 is 12.2. The number of fused-ring (bicyclic) bond motifs is 9. The number of carbonyl (C=O) groups is 1. The summed E-state index contributed by atoms with van der Waals surface area (Å²) in [4.78, 5) is 19.0. The summed E-state index contributed by atoms with van der Waals surface area (Å²) in [5.74, 6) is -1.96. The second kappa shape index (κ2) is 20.3. The molecule has 7 aliphatic carbocycles. The van der Waals surface area contributed by atoms with E-state index in [0.717, 1.165) is 36.0 Å². The average Bonchev–Trinajstić information content (AvgIpc) is 3.67. The topological polar surface area (TPSA) is 219 Å². The fourth-order valence-electron chi connectivity index (χ4n) is 17.3. The molecule has 2 bridgehead atoms. The molecule has 12 heteroatoms. The van der Waals surface area contributed by atoms with Gasteiger partial charge in [0.1, 0.15) is 36.4 Å². The third-order valence-corrected chi connectivity index (χ3v) is 20.2. The first kappa shape index (κ1) is 51.1. The van der Waals surface area contributed by atoms with E-state index in [1.807, 2.05) is 6.07 Å². The number of aromatic amines is 1. The molecule has 0 radical (unpaired) electrons. The normalized spacial score (nSPS) is 29.5. The number of nitrogens with two attached hydrogens (primary N) is 1. The number of aliphatic hydroxyl groups excluding tert-OH is 1. The van der Waals surface area contributed by atoms with Crippen LogP contribution in [0.25, 0.3) is 11.3 Å². The van der Waals surface area contributed by atoms with Crippen molar-refractivity contribution in [1.82, 2.24) is 4.98 Å². The summed E-state index contributed by atoms with van der Waals surface area (Å²) in [5.41, 5.74) is 14.2. The van der Waals surface area contributed by atoms with Crippen molar-refractivity contribution in [3.63, 3.8) is 0 Å². The number of benzene rings is 5. The molecular weight excluding hydrogens is 969 g/mol. The van der Waals surface area contributed by atoms with Gasteiger partial charge in [-0.1, -0.05) is 81.1 Å². The monoisotopic (exact) mass is 1040 g/mol. The Morgan fingerprint density at radius 1 is 0.792 bits per heavy atom. The predicted molar refractivity (Wildman–Crippen MR) is 293 cm³/mol. The van der Waals surface area contributed by atoms with Gasteiger partial charge in [0.2, 0.25) is 5.75 Å². The molecule has 1 spiro atoms. The number of hydrogen-bond donors (Lipinski definition) is 9. The fraction of sp³-hybridized carbons (Fsp3) is 0.462. The van der Waals surface area contributed by atoms with Gasteiger partial charge in [-0.25, -0.2) is 0 Å². The number of aromatic hydroxyl groups is 6. The molecule has 5 aromatic carbocycles. The van der Waals surface area contributed by atoms with E-state index in [4.69, 9.17) is 15.2 Å². The molecule has 7 aliphatic rings. The van der Waals surface area contributed by atoms with Gasteiger partial charge >= 0.3 is 0 Å². The molecule has 404 valence electrons. The minimum absolute atomic E-state index is 0.0198. The molecule has 12 nitrogen and oxygen atoms in total. The number of unbranched alkanes of at least 4 members (excludes halogenated alkanes) is 2. The fourth-order valence-corrected chi connectivity index (χ4v) is 17.3. The molecule has 12 atom stereocenters. The molecule has 1 heterocycles. The van der Waals surface area contributed by atoms with Gasteiger partial charge < -0.3 is 50.2 Å². The van der Waals surface area contributed by atoms with Crippen LogP contribution in [0.1, 0.15) is 147 Å². The Hall–Kier alpha value is -6.63. The summed E-state index contributed by atoms with van der Waals surface area (Å²) in [5, 5.41) is 80.7. The molecule has 77 heavy (non-hydrogen) atoms. The molecule has 0 amide bonds. The number of aromatic nitrogens is 1. The van der Waals surface area contributed by atoms with Crippen molar-refractivity contribution in [2.45, 2.75) is 139 Å². The Kier molecular flexibility index (Phi) is 13.5. The Balaban J connectivity index is 1.04. The van der Waals surface area contributed by atoms with E-state index < -0.39 is 29.3 Å². The number of H-pyrrole nitrogens is 1. The minimum atomic E-state index is -1.10. The van der Waals surface area contributed by atoms with E-state index >= 15 is 4.79 Å². The molecule has 4 saturated carbocycles. The Morgan fingerprint density at radius 2 is 1.64 bits per heavy atom. The van der Waals surface area contributed by atoms with Crippen LogP contribution in [0.3, 0.4) is 0 Å². The van der Waals surface area contributed by atoms with E-state index in [1.54, 1.807) is 48.5 Å². The largest absolute Gasteiger partial charge is 0.508 e. The van der Waals surface area contributed by atoms with Crippen LogP contribution in [-0.4, -0.2) is 59.3 Å². The van der Waals surface area contributed by atoms with Gasteiger partial charge in [-0.3, -0.25) is 10.5 Å². The maximum absolute atomic E-state index is 15.3. The average molecular weight is 1040 g/mol. The van der Waals surface area contributed by atoms with Gasteiger partial charge in [0.25, 0.3) is 0 Å². The van der Waals surface area contributed by atoms with Gasteiger partial charge in [0.05, 0.1) is 6.10 Å². The van der Waals surface area contributed by atoms with Crippen LogP contribution in [0.15, 0.2) is 103 Å². The van der Waals surface area contributed by atoms with Crippen molar-refractivity contribution in [3.05, 3.63) is 142 Å². The zero-order chi connectivity index (χ0) is 53.3. The van der Waals surface area contributed by atoms with E-state index in [0.29, 0.717) is 49.1 Å². The third kappa shape index (κ3) is 8.69. The highest BCUT2D eigenvalue weighted by Gasteiger charge is 2.69. The molecule has 6 aromatic rings. The van der Waals surface area contributed by atoms with Crippen molar-refractivity contribution in [3.8, 4) is 57.3 Å². The van der Waals surface area contributed by atoms with Crippen LogP contribution < -0.4 is 15.2 Å². The van der Waals surface area contributed by atoms with Crippen molar-refractivity contribution in [2.75, 3.05) is 6.73 Å². The van der Waals surface area contributed by atoms with Crippen LogP contribution in [0.2, 0.25) is 0 Å². The van der Waals surface area contributed by atoms with E-state index in [1.165, 1.54) is 73.0 Å². The van der Waals surface area contributed by atoms with Crippen molar-refractivity contribution in [1.29, 1.82) is 0 Å². The van der Waals surface area contributed by atoms with Crippen molar-refractivity contribution >= 4 is 5.78 Å². The lowest BCUT2D eigenvalue weighted by Crippen LogP contribution is -2.53. The molecule has 10 N–H and O–H groups in total. The minimum Gasteiger partial charge on any atom is -0.508 e. The second-order valence-corrected chi connectivity index (χ2v) is 24.1. The lowest BCUT2D eigenvalue weighted by atomic mass is 9.47. The highest BCUT2D eigenvalue weighted by atomic mass is 16.5. The second-order valence-electron chi connectivity index (χ2n) is 24.1. The number of nitrogens with one attached hydrogen (secondary N) is 1. The van der Waals surface area contributed by atoms with Crippen LogP contribution >= 0.6 is 0 Å². The molecular formula is C65H74N2O10. The molecule has 1 aromatic heterocycles. The SMILES string of the molecule is CCCCCC1CCC2(CCC3(C4CC5CC6C(Cc7ccc(O)cc7O)CC(C(=O)CCc7ccc(O)c(OCN)c7)C(O)C6C4c4cc(O)c(O)c(OCc6cccc(O)c6)c45)c4ccccc4-c4[nH]ccc4C23)C1. The Morgan fingerprint density at radius 3 is 2.45 bits per heavy atom. The number of hydrogen-bond acceptors (Lipinski definition) is 11. The number of phenols is 6. The van der Waals surface area contributed by atoms with E-state index in [2.05, 4.69) is 48.4 Å². The molecule has 0 saturated heterocycles. The van der Waals surface area contributed by atoms with Crippen molar-refractivity contribution in [2.24, 2.45) is 46.7 Å². The maximum Gasteiger partial charge on any atom is 0.200 e. The maximum atomic E-state index is 15.3. The number of rotatable bonds is 16. The van der Waals surface area contributed by atoms with Gasteiger partial charge in [-0.15, -0.1) is 0 Å². The lowest BCUT2D eigenvalue weighted by Gasteiger charge is -2.56. The summed E-state index contributed by atoms with van der Waals surface area (Å²) in [7, 11) is 0. The number of aryl methyl sites for hydroxylation is 1. The van der Waals surface area contributed by atoms with Gasteiger partial charge in [0.15, 0.2) is 23.0 Å². The van der Waals surface area contributed by atoms with Crippen LogP contribution in [0.5, 0.6) is 46.0 Å². The van der Waals surface area contributed by atoms with Crippen LogP contribution in [0.4, 0.5) is 0 Å². The molecule has 12 unspecified atom stereocenters. The summed E-state index contributed by atoms with van der Waals surface area (Å²) in [6.45, 7) is 2.17. The quantitative estimate of drug-likeness (QED) is 0.0252. The standard InChI is InChI=1S/C65H74N2O10/c1-2-3-4-8-37-19-21-64(33-37)22-23-65(49-12-6-5-11-44(49)59-45(63(64)65)20-24-67-59)50-30-41-29-46-40(27-39-15-16-43(69)31-53(39)72)28-47(51(70)17-13-36-14-18-52(71)55(26-36)77-35-66)60(74)58(46)57(50)48-32-54(73)61(75)62(56(41)48)76-34-38-9-7-10-42(68)25-38/h5-7,9-12,14-16,18,20,24-26,31-32,37,40-41,46-47,50,57-58,60,63,67-69,71-75H,2-4,8,13,17,19,21-23,27-30,33-35,66H2,1H3. The van der Waals surface area contributed by atoms with Gasteiger partial charge in [-0.2, -0.15) is 0 Å². The van der Waals surface area contributed by atoms with E-state index in [9.17, 15) is 35.7 Å². The van der Waals surface area contributed by atoms with E-state index in [-0.39, 0.29) is 107 Å². The number of ketones is 1. The Labute approximate surface area is 450 Å². The third-order valence-electron chi connectivity index (χ3n) is 20.2. The van der Waals surface area contributed by atoms with Crippen LogP contribution in [0, 0.1) is 40.9 Å². The summed E-state index contributed by atoms with van der Waals surface area (Å²) in [6.07, 6.45) is 14.0. The molecule has 0 aliphatic heterocycles. The first-order chi connectivity index (χ1) is 37.3. The summed E-state index contributed by atoms with van der Waals surface area (Å²) >= 11 is 0.